The third-order valence-electron chi connectivity index (χ3n) is 3.64. The van der Waals surface area contributed by atoms with Gasteiger partial charge in [0.05, 0.1) is 6.54 Å². The topological polar surface area (TPSA) is 63.4 Å². The van der Waals surface area contributed by atoms with E-state index in [1.807, 2.05) is 0 Å². The minimum absolute atomic E-state index is 0.416. The molecule has 6 nitrogen and oxygen atoms in total. The zero-order valence-corrected chi connectivity index (χ0v) is 10.6. The largest absolute Gasteiger partial charge is 0.381 e. The Morgan fingerprint density at radius 1 is 1.22 bits per heavy atom. The molecule has 3 rings (SSSR count). The maximum atomic E-state index is 5.36. The summed E-state index contributed by atoms with van der Waals surface area (Å²) in [6, 6.07) is 0. The van der Waals surface area contributed by atoms with Crippen molar-refractivity contribution in [2.24, 2.45) is 0 Å². The summed E-state index contributed by atoms with van der Waals surface area (Å²) < 4.78 is 10.7. The number of piperazine rings is 1. The third-order valence-corrected chi connectivity index (χ3v) is 3.64. The van der Waals surface area contributed by atoms with Crippen molar-refractivity contribution in [2.45, 2.75) is 25.3 Å². The van der Waals surface area contributed by atoms with Gasteiger partial charge in [0.15, 0.2) is 5.82 Å². The molecule has 2 fully saturated rings. The van der Waals surface area contributed by atoms with Gasteiger partial charge in [0.1, 0.15) is 0 Å². The van der Waals surface area contributed by atoms with Crippen LogP contribution in [0.25, 0.3) is 0 Å². The summed E-state index contributed by atoms with van der Waals surface area (Å²) in [5.74, 6) is 2.03. The van der Waals surface area contributed by atoms with E-state index in [1.165, 1.54) is 0 Å². The van der Waals surface area contributed by atoms with Gasteiger partial charge in [-0.05, 0) is 12.8 Å². The van der Waals surface area contributed by atoms with Gasteiger partial charge >= 0.3 is 0 Å². The summed E-state index contributed by atoms with van der Waals surface area (Å²) in [5, 5.41) is 7.46. The Balaban J connectivity index is 1.58. The van der Waals surface area contributed by atoms with Crippen molar-refractivity contribution in [3.63, 3.8) is 0 Å². The molecule has 3 heterocycles. The highest BCUT2D eigenvalue weighted by Crippen LogP contribution is 2.24. The molecule has 0 atom stereocenters. The van der Waals surface area contributed by atoms with Crippen molar-refractivity contribution in [1.82, 2.24) is 20.4 Å². The van der Waals surface area contributed by atoms with Gasteiger partial charge in [-0.2, -0.15) is 4.98 Å². The number of hydrogen-bond donors (Lipinski definition) is 1. The standard InChI is InChI=1S/C12H20N4O2/c1-7-17-8-2-10(1)12-14-11(18-15-12)9-16-5-3-13-4-6-16/h10,13H,1-9H2. The molecule has 0 unspecified atom stereocenters. The van der Waals surface area contributed by atoms with Crippen LogP contribution >= 0.6 is 0 Å². The third kappa shape index (κ3) is 2.88. The Labute approximate surface area is 107 Å². The van der Waals surface area contributed by atoms with Crippen LogP contribution in [0.15, 0.2) is 4.52 Å². The van der Waals surface area contributed by atoms with Crippen molar-refractivity contribution >= 4 is 0 Å². The Bertz CT molecular complexity index is 370. The van der Waals surface area contributed by atoms with Crippen LogP contribution in [0.5, 0.6) is 0 Å². The fourth-order valence-corrected chi connectivity index (χ4v) is 2.51. The molecule has 0 aromatic carbocycles. The lowest BCUT2D eigenvalue weighted by Gasteiger charge is -2.25. The summed E-state index contributed by atoms with van der Waals surface area (Å²) in [5.41, 5.74) is 0. The summed E-state index contributed by atoms with van der Waals surface area (Å²) in [6.45, 7) is 6.59. The zero-order chi connectivity index (χ0) is 12.2. The van der Waals surface area contributed by atoms with Crippen LogP contribution < -0.4 is 5.32 Å². The van der Waals surface area contributed by atoms with Crippen LogP contribution in [0, 0.1) is 0 Å². The summed E-state index contributed by atoms with van der Waals surface area (Å²) in [6.07, 6.45) is 2.01. The Hall–Kier alpha value is -0.980. The average molecular weight is 252 g/mol. The van der Waals surface area contributed by atoms with Gasteiger partial charge in [0.25, 0.3) is 0 Å². The fraction of sp³-hybridized carbons (Fsp3) is 0.833. The fourth-order valence-electron chi connectivity index (χ4n) is 2.51. The molecule has 18 heavy (non-hydrogen) atoms. The van der Waals surface area contributed by atoms with E-state index < -0.39 is 0 Å². The quantitative estimate of drug-likeness (QED) is 0.838. The van der Waals surface area contributed by atoms with Crippen molar-refractivity contribution in [3.05, 3.63) is 11.7 Å². The number of ether oxygens (including phenoxy) is 1. The van der Waals surface area contributed by atoms with Gasteiger partial charge in [-0.3, -0.25) is 4.90 Å². The van der Waals surface area contributed by atoms with Crippen molar-refractivity contribution < 1.29 is 9.26 Å². The first-order chi connectivity index (χ1) is 8.92. The van der Waals surface area contributed by atoms with E-state index in [9.17, 15) is 0 Å². The molecule has 1 aromatic rings. The first-order valence-electron chi connectivity index (χ1n) is 6.75. The van der Waals surface area contributed by atoms with E-state index in [4.69, 9.17) is 9.26 Å². The Morgan fingerprint density at radius 3 is 2.78 bits per heavy atom. The van der Waals surface area contributed by atoms with Crippen molar-refractivity contribution in [2.75, 3.05) is 39.4 Å². The second-order valence-electron chi connectivity index (χ2n) is 4.96. The van der Waals surface area contributed by atoms with E-state index >= 15 is 0 Å². The van der Waals surface area contributed by atoms with Crippen LogP contribution in [0.3, 0.4) is 0 Å². The second-order valence-corrected chi connectivity index (χ2v) is 4.96. The lowest BCUT2D eigenvalue weighted by molar-refractivity contribution is 0.0830. The van der Waals surface area contributed by atoms with Crippen LogP contribution in [0.2, 0.25) is 0 Å². The minimum atomic E-state index is 0.416. The highest BCUT2D eigenvalue weighted by Gasteiger charge is 2.22. The van der Waals surface area contributed by atoms with Crippen LogP contribution in [-0.2, 0) is 11.3 Å². The first-order valence-corrected chi connectivity index (χ1v) is 6.75. The number of nitrogens with zero attached hydrogens (tertiary/aromatic N) is 3. The zero-order valence-electron chi connectivity index (χ0n) is 10.6. The molecular formula is C12H20N4O2. The maximum absolute atomic E-state index is 5.36. The molecule has 0 amide bonds. The van der Waals surface area contributed by atoms with Gasteiger partial charge in [0.2, 0.25) is 5.89 Å². The molecule has 2 aliphatic heterocycles. The molecule has 1 aromatic heterocycles. The Morgan fingerprint density at radius 2 is 2.00 bits per heavy atom. The summed E-state index contributed by atoms with van der Waals surface area (Å²) >= 11 is 0. The lowest BCUT2D eigenvalue weighted by atomic mass is 10.00. The highest BCUT2D eigenvalue weighted by molar-refractivity contribution is 4.96. The normalized spacial score (nSPS) is 23.3. The summed E-state index contributed by atoms with van der Waals surface area (Å²) in [4.78, 5) is 6.88. The van der Waals surface area contributed by atoms with Crippen LogP contribution in [0.1, 0.15) is 30.5 Å². The number of rotatable bonds is 3. The maximum Gasteiger partial charge on any atom is 0.240 e. The Kier molecular flexibility index (Phi) is 3.87. The van der Waals surface area contributed by atoms with Crippen LogP contribution in [-0.4, -0.2) is 54.4 Å². The van der Waals surface area contributed by atoms with Crippen LogP contribution in [0.4, 0.5) is 0 Å². The minimum Gasteiger partial charge on any atom is -0.381 e. The molecule has 0 spiro atoms. The van der Waals surface area contributed by atoms with Gasteiger partial charge in [0, 0.05) is 45.3 Å². The highest BCUT2D eigenvalue weighted by atomic mass is 16.5. The SMILES string of the molecule is C1CN(Cc2nc(C3CCOCC3)no2)CCN1. The van der Waals surface area contributed by atoms with Crippen molar-refractivity contribution in [3.8, 4) is 0 Å². The smallest absolute Gasteiger partial charge is 0.240 e. The molecule has 100 valence electrons. The van der Waals surface area contributed by atoms with E-state index in [2.05, 4.69) is 20.4 Å². The first kappa shape index (κ1) is 12.1. The lowest BCUT2D eigenvalue weighted by Crippen LogP contribution is -2.42. The molecule has 0 bridgehead atoms. The van der Waals surface area contributed by atoms with Gasteiger partial charge in [-0.1, -0.05) is 5.16 Å². The van der Waals surface area contributed by atoms with E-state index in [1.54, 1.807) is 0 Å². The molecule has 0 radical (unpaired) electrons. The molecular weight excluding hydrogens is 232 g/mol. The molecule has 0 aliphatic carbocycles. The molecule has 2 aliphatic rings. The monoisotopic (exact) mass is 252 g/mol. The second kappa shape index (κ2) is 5.77. The predicted molar refractivity (Wildman–Crippen MR) is 65.2 cm³/mol. The number of aromatic nitrogens is 2. The summed E-state index contributed by atoms with van der Waals surface area (Å²) in [7, 11) is 0. The van der Waals surface area contributed by atoms with E-state index in [-0.39, 0.29) is 0 Å². The van der Waals surface area contributed by atoms with E-state index in [0.29, 0.717) is 5.92 Å². The molecule has 1 N–H and O–H groups in total. The number of hydrogen-bond acceptors (Lipinski definition) is 6. The average Bonchev–Trinajstić information content (AvgIpc) is 2.89. The predicted octanol–water partition coefficient (Wildman–Crippen LogP) is 0.369. The molecule has 0 saturated carbocycles. The van der Waals surface area contributed by atoms with E-state index in [0.717, 1.165) is 70.5 Å². The molecule has 6 heteroatoms. The van der Waals surface area contributed by atoms with Gasteiger partial charge in [-0.25, -0.2) is 0 Å². The number of nitrogens with one attached hydrogen (secondary N) is 1. The van der Waals surface area contributed by atoms with Crippen molar-refractivity contribution in [1.29, 1.82) is 0 Å². The van der Waals surface area contributed by atoms with Gasteiger partial charge in [-0.15, -0.1) is 0 Å². The van der Waals surface area contributed by atoms with Gasteiger partial charge < -0.3 is 14.6 Å². The molecule has 2 saturated heterocycles.